The maximum atomic E-state index is 12.0. The smallest absolute Gasteiger partial charge is 0.267 e. The highest BCUT2D eigenvalue weighted by Crippen LogP contribution is 2.29. The molecule has 0 bridgehead atoms. The average Bonchev–Trinajstić information content (AvgIpc) is 3.06. The Hall–Kier alpha value is -1.72. The van der Waals surface area contributed by atoms with E-state index in [1.807, 2.05) is 29.6 Å². The lowest BCUT2D eigenvalue weighted by Gasteiger charge is -1.97. The Balaban J connectivity index is 1.92. The van der Waals surface area contributed by atoms with Crippen molar-refractivity contribution >= 4 is 43.9 Å². The lowest BCUT2D eigenvalue weighted by Crippen LogP contribution is -2.09. The second-order valence-corrected chi connectivity index (χ2v) is 6.05. The van der Waals surface area contributed by atoms with Gasteiger partial charge in [0.25, 0.3) is 5.91 Å². The van der Waals surface area contributed by atoms with Crippen LogP contribution < -0.4 is 5.32 Å². The number of benzene rings is 1. The van der Waals surface area contributed by atoms with Crippen molar-refractivity contribution in [3.8, 4) is 0 Å². The molecule has 0 radical (unpaired) electrons. The number of thiophene rings is 1. The number of carbonyl (C=O) groups is 1. The van der Waals surface area contributed by atoms with Crippen molar-refractivity contribution < 1.29 is 4.79 Å². The van der Waals surface area contributed by atoms with E-state index in [-0.39, 0.29) is 5.91 Å². The average molecular weight is 288 g/mol. The summed E-state index contributed by atoms with van der Waals surface area (Å²) in [6.45, 7) is 2.11. The maximum absolute atomic E-state index is 12.0. The van der Waals surface area contributed by atoms with Gasteiger partial charge < -0.3 is 0 Å². The molecule has 1 amide bonds. The molecule has 1 aromatic carbocycles. The van der Waals surface area contributed by atoms with Crippen LogP contribution in [0.2, 0.25) is 0 Å². The highest BCUT2D eigenvalue weighted by Gasteiger charge is 2.11. The van der Waals surface area contributed by atoms with Gasteiger partial charge in [-0.15, -0.1) is 11.3 Å². The molecule has 0 spiro atoms. The van der Waals surface area contributed by atoms with Gasteiger partial charge in [-0.2, -0.15) is 0 Å². The van der Waals surface area contributed by atoms with E-state index in [4.69, 9.17) is 0 Å². The molecule has 0 aliphatic heterocycles. The Bertz CT molecular complexity index is 716. The first-order valence-corrected chi connectivity index (χ1v) is 7.71. The third kappa shape index (κ3) is 2.39. The normalized spacial score (nSPS) is 10.8. The number of carbonyl (C=O) groups excluding carboxylic acids is 1. The molecule has 0 atom stereocenters. The Labute approximate surface area is 118 Å². The summed E-state index contributed by atoms with van der Waals surface area (Å²) in [5, 5.41) is 5.42. The van der Waals surface area contributed by atoms with E-state index in [2.05, 4.69) is 23.3 Å². The monoisotopic (exact) mass is 288 g/mol. The summed E-state index contributed by atoms with van der Waals surface area (Å²) in [7, 11) is 0. The van der Waals surface area contributed by atoms with Gasteiger partial charge in [0.15, 0.2) is 5.13 Å². The summed E-state index contributed by atoms with van der Waals surface area (Å²) in [6.07, 6.45) is 0.944. The van der Waals surface area contributed by atoms with Gasteiger partial charge in [0.1, 0.15) is 0 Å². The van der Waals surface area contributed by atoms with Crippen molar-refractivity contribution in [1.82, 2.24) is 4.98 Å². The Morgan fingerprint density at radius 2 is 2.21 bits per heavy atom. The number of aromatic nitrogens is 1. The van der Waals surface area contributed by atoms with Crippen molar-refractivity contribution in [1.29, 1.82) is 0 Å². The van der Waals surface area contributed by atoms with Crippen LogP contribution in [-0.4, -0.2) is 10.9 Å². The second-order valence-electron chi connectivity index (χ2n) is 4.07. The van der Waals surface area contributed by atoms with E-state index >= 15 is 0 Å². The molecule has 3 aromatic rings. The van der Waals surface area contributed by atoms with Crippen LogP contribution in [0.1, 0.15) is 22.2 Å². The van der Waals surface area contributed by atoms with Gasteiger partial charge in [-0.25, -0.2) is 4.98 Å². The summed E-state index contributed by atoms with van der Waals surface area (Å²) in [4.78, 5) is 17.2. The van der Waals surface area contributed by atoms with Crippen LogP contribution in [0.25, 0.3) is 10.2 Å². The molecule has 0 saturated heterocycles. The second kappa shape index (κ2) is 5.11. The summed E-state index contributed by atoms with van der Waals surface area (Å²) in [5.41, 5.74) is 2.21. The minimum absolute atomic E-state index is 0.0906. The van der Waals surface area contributed by atoms with Gasteiger partial charge in [-0.3, -0.25) is 10.1 Å². The molecule has 0 unspecified atom stereocenters. The van der Waals surface area contributed by atoms with E-state index in [1.165, 1.54) is 28.2 Å². The third-order valence-corrected chi connectivity index (χ3v) is 4.65. The molecule has 0 aliphatic carbocycles. The van der Waals surface area contributed by atoms with Crippen LogP contribution in [0, 0.1) is 0 Å². The number of thiazole rings is 1. The first-order chi connectivity index (χ1) is 9.28. The number of rotatable bonds is 3. The predicted octanol–water partition coefficient (Wildman–Crippen LogP) is 4.17. The standard InChI is InChI=1S/C14H12N2OS2/c1-2-9-5-3-6-10-12(9)15-14(19-10)16-13(17)11-7-4-8-18-11/h3-8H,2H2,1H3,(H,15,16,17). The largest absolute Gasteiger partial charge is 0.297 e. The molecule has 0 aliphatic rings. The third-order valence-electron chi connectivity index (χ3n) is 2.85. The number of nitrogens with zero attached hydrogens (tertiary/aromatic N) is 1. The molecule has 5 heteroatoms. The number of fused-ring (bicyclic) bond motifs is 1. The summed E-state index contributed by atoms with van der Waals surface area (Å²) >= 11 is 2.94. The number of anilines is 1. The molecular formula is C14H12N2OS2. The van der Waals surface area contributed by atoms with E-state index in [0.29, 0.717) is 10.0 Å². The fourth-order valence-corrected chi connectivity index (χ4v) is 3.44. The zero-order chi connectivity index (χ0) is 13.2. The van der Waals surface area contributed by atoms with E-state index in [0.717, 1.165) is 16.6 Å². The molecule has 2 heterocycles. The predicted molar refractivity (Wildman–Crippen MR) is 81.3 cm³/mol. The molecule has 3 rings (SSSR count). The number of aryl methyl sites for hydroxylation is 1. The van der Waals surface area contributed by atoms with E-state index in [1.54, 1.807) is 0 Å². The lowest BCUT2D eigenvalue weighted by molar-refractivity contribution is 0.103. The van der Waals surface area contributed by atoms with Gasteiger partial charge in [0.2, 0.25) is 0 Å². The van der Waals surface area contributed by atoms with Crippen LogP contribution in [0.5, 0.6) is 0 Å². The van der Waals surface area contributed by atoms with Gasteiger partial charge in [0.05, 0.1) is 15.1 Å². The van der Waals surface area contributed by atoms with Gasteiger partial charge in [-0.1, -0.05) is 36.5 Å². The molecule has 0 saturated carbocycles. The van der Waals surface area contributed by atoms with Crippen molar-refractivity contribution in [3.63, 3.8) is 0 Å². The molecule has 3 nitrogen and oxygen atoms in total. The van der Waals surface area contributed by atoms with Crippen LogP contribution in [0.4, 0.5) is 5.13 Å². The highest BCUT2D eigenvalue weighted by atomic mass is 32.1. The van der Waals surface area contributed by atoms with E-state index in [9.17, 15) is 4.79 Å². The SMILES string of the molecule is CCc1cccc2sc(NC(=O)c3cccs3)nc12. The minimum Gasteiger partial charge on any atom is -0.297 e. The summed E-state index contributed by atoms with van der Waals surface area (Å²) in [6, 6.07) is 9.82. The van der Waals surface area contributed by atoms with Crippen molar-refractivity contribution in [2.45, 2.75) is 13.3 Å². The Morgan fingerprint density at radius 1 is 1.32 bits per heavy atom. The molecule has 96 valence electrons. The Morgan fingerprint density at radius 3 is 2.95 bits per heavy atom. The molecule has 0 fully saturated rings. The zero-order valence-corrected chi connectivity index (χ0v) is 12.0. The van der Waals surface area contributed by atoms with Crippen LogP contribution >= 0.6 is 22.7 Å². The Kier molecular flexibility index (Phi) is 3.31. The van der Waals surface area contributed by atoms with Crippen LogP contribution in [0.3, 0.4) is 0 Å². The number of amides is 1. The fraction of sp³-hybridized carbons (Fsp3) is 0.143. The van der Waals surface area contributed by atoms with E-state index < -0.39 is 0 Å². The molecule has 19 heavy (non-hydrogen) atoms. The first kappa shape index (κ1) is 12.3. The molecule has 2 aromatic heterocycles. The van der Waals surface area contributed by atoms with Gasteiger partial charge in [-0.05, 0) is 29.5 Å². The number of hydrogen-bond acceptors (Lipinski definition) is 4. The van der Waals surface area contributed by atoms with Crippen LogP contribution in [-0.2, 0) is 6.42 Å². The topological polar surface area (TPSA) is 42.0 Å². The lowest BCUT2D eigenvalue weighted by atomic mass is 10.1. The number of hydrogen-bond donors (Lipinski definition) is 1. The number of para-hydroxylation sites is 1. The quantitative estimate of drug-likeness (QED) is 0.786. The molecular weight excluding hydrogens is 276 g/mol. The van der Waals surface area contributed by atoms with Crippen molar-refractivity contribution in [2.24, 2.45) is 0 Å². The first-order valence-electron chi connectivity index (χ1n) is 6.01. The molecule has 1 N–H and O–H groups in total. The number of nitrogens with one attached hydrogen (secondary N) is 1. The highest BCUT2D eigenvalue weighted by molar-refractivity contribution is 7.22. The van der Waals surface area contributed by atoms with Crippen molar-refractivity contribution in [2.75, 3.05) is 5.32 Å². The maximum Gasteiger partial charge on any atom is 0.267 e. The fourth-order valence-electron chi connectivity index (χ4n) is 1.91. The van der Waals surface area contributed by atoms with Gasteiger partial charge in [0, 0.05) is 0 Å². The van der Waals surface area contributed by atoms with Crippen LogP contribution in [0.15, 0.2) is 35.7 Å². The summed E-state index contributed by atoms with van der Waals surface area (Å²) in [5.74, 6) is -0.0906. The van der Waals surface area contributed by atoms with Gasteiger partial charge >= 0.3 is 0 Å². The summed E-state index contributed by atoms with van der Waals surface area (Å²) < 4.78 is 1.11. The van der Waals surface area contributed by atoms with Crippen molar-refractivity contribution in [3.05, 3.63) is 46.2 Å². The zero-order valence-electron chi connectivity index (χ0n) is 10.3. The minimum atomic E-state index is -0.0906.